The summed E-state index contributed by atoms with van der Waals surface area (Å²) in [6.45, 7) is 3.83. The van der Waals surface area contributed by atoms with E-state index in [0.717, 1.165) is 5.56 Å². The van der Waals surface area contributed by atoms with Crippen LogP contribution >= 0.6 is 0 Å². The van der Waals surface area contributed by atoms with Crippen LogP contribution in [0, 0.1) is 6.92 Å². The van der Waals surface area contributed by atoms with Crippen molar-refractivity contribution < 1.29 is 14.3 Å². The van der Waals surface area contributed by atoms with E-state index in [9.17, 15) is 4.79 Å². The lowest BCUT2D eigenvalue weighted by Crippen LogP contribution is -2.10. The molecule has 14 heavy (non-hydrogen) atoms. The number of nitrogens with two attached hydrogens (primary N) is 1. The first kappa shape index (κ1) is 10.4. The molecule has 0 heterocycles. The molecule has 0 spiro atoms. The maximum Gasteiger partial charge on any atom is 0.513 e. The van der Waals surface area contributed by atoms with E-state index >= 15 is 0 Å². The zero-order valence-electron chi connectivity index (χ0n) is 8.24. The Morgan fingerprint density at radius 3 is 2.86 bits per heavy atom. The number of anilines is 1. The van der Waals surface area contributed by atoms with Gasteiger partial charge in [0.25, 0.3) is 0 Å². The second-order valence-electron chi connectivity index (χ2n) is 2.81. The van der Waals surface area contributed by atoms with Gasteiger partial charge in [0, 0.05) is 11.8 Å². The van der Waals surface area contributed by atoms with Gasteiger partial charge in [-0.3, -0.25) is 0 Å². The summed E-state index contributed by atoms with van der Waals surface area (Å²) in [7, 11) is 0. The van der Waals surface area contributed by atoms with Crippen LogP contribution in [0.1, 0.15) is 12.5 Å². The van der Waals surface area contributed by atoms with Gasteiger partial charge in [-0.25, -0.2) is 4.79 Å². The largest absolute Gasteiger partial charge is 0.513 e. The zero-order chi connectivity index (χ0) is 10.6. The first-order chi connectivity index (χ1) is 6.63. The van der Waals surface area contributed by atoms with Crippen molar-refractivity contribution >= 4 is 11.8 Å². The van der Waals surface area contributed by atoms with Crippen LogP contribution in [0.5, 0.6) is 5.75 Å². The van der Waals surface area contributed by atoms with Gasteiger partial charge in [-0.1, -0.05) is 6.07 Å². The van der Waals surface area contributed by atoms with Gasteiger partial charge >= 0.3 is 6.16 Å². The summed E-state index contributed by atoms with van der Waals surface area (Å²) in [5, 5.41) is 0. The summed E-state index contributed by atoms with van der Waals surface area (Å²) in [4.78, 5) is 11.0. The minimum absolute atomic E-state index is 0.292. The Kier molecular flexibility index (Phi) is 3.34. The normalized spacial score (nSPS) is 9.57. The fourth-order valence-corrected chi connectivity index (χ4v) is 0.964. The third-order valence-corrected chi connectivity index (χ3v) is 1.67. The average molecular weight is 195 g/mol. The van der Waals surface area contributed by atoms with Crippen LogP contribution in [-0.4, -0.2) is 12.8 Å². The van der Waals surface area contributed by atoms with Gasteiger partial charge in [0.2, 0.25) is 0 Å². The predicted octanol–water partition coefficient (Wildman–Crippen LogP) is 2.11. The Morgan fingerprint density at radius 1 is 1.50 bits per heavy atom. The van der Waals surface area contributed by atoms with E-state index in [0.29, 0.717) is 18.0 Å². The number of hydrogen-bond acceptors (Lipinski definition) is 4. The lowest BCUT2D eigenvalue weighted by molar-refractivity contribution is 0.104. The van der Waals surface area contributed by atoms with Crippen molar-refractivity contribution in [1.29, 1.82) is 0 Å². The molecule has 0 aliphatic heterocycles. The number of carbonyl (C=O) groups excluding carboxylic acids is 1. The second-order valence-corrected chi connectivity index (χ2v) is 2.81. The smallest absolute Gasteiger partial charge is 0.434 e. The molecule has 76 valence electrons. The van der Waals surface area contributed by atoms with Crippen molar-refractivity contribution in [2.24, 2.45) is 0 Å². The molecule has 0 radical (unpaired) electrons. The van der Waals surface area contributed by atoms with Gasteiger partial charge in [0.1, 0.15) is 5.75 Å². The lowest BCUT2D eigenvalue weighted by atomic mass is 10.2. The molecular weight excluding hydrogens is 182 g/mol. The van der Waals surface area contributed by atoms with Gasteiger partial charge in [0.15, 0.2) is 0 Å². The predicted molar refractivity (Wildman–Crippen MR) is 53.2 cm³/mol. The molecule has 1 aromatic carbocycles. The molecule has 0 aliphatic carbocycles. The number of aryl methyl sites for hydroxylation is 1. The average Bonchev–Trinajstić information content (AvgIpc) is 2.12. The lowest BCUT2D eigenvalue weighted by Gasteiger charge is -2.07. The minimum Gasteiger partial charge on any atom is -0.434 e. The van der Waals surface area contributed by atoms with Gasteiger partial charge in [-0.15, -0.1) is 0 Å². The van der Waals surface area contributed by atoms with Crippen molar-refractivity contribution in [3.8, 4) is 5.75 Å². The van der Waals surface area contributed by atoms with Crippen molar-refractivity contribution in [3.05, 3.63) is 23.8 Å². The Balaban J connectivity index is 2.75. The van der Waals surface area contributed by atoms with Crippen LogP contribution in [0.25, 0.3) is 0 Å². The number of hydrogen-bond donors (Lipinski definition) is 1. The van der Waals surface area contributed by atoms with Gasteiger partial charge in [-0.05, 0) is 25.5 Å². The molecule has 0 aliphatic rings. The molecule has 0 fully saturated rings. The Morgan fingerprint density at radius 2 is 2.21 bits per heavy atom. The second kappa shape index (κ2) is 4.50. The quantitative estimate of drug-likeness (QED) is 0.446. The monoisotopic (exact) mass is 195 g/mol. The minimum atomic E-state index is -0.707. The molecule has 0 amide bonds. The summed E-state index contributed by atoms with van der Waals surface area (Å²) in [6.07, 6.45) is -0.707. The number of nitrogen functional groups attached to an aromatic ring is 1. The number of rotatable bonds is 2. The molecule has 0 unspecified atom stereocenters. The van der Waals surface area contributed by atoms with E-state index in [4.69, 9.17) is 10.5 Å². The molecule has 0 bridgehead atoms. The van der Waals surface area contributed by atoms with Gasteiger partial charge in [-0.2, -0.15) is 0 Å². The Bertz CT molecular complexity index is 336. The number of benzene rings is 1. The van der Waals surface area contributed by atoms with Crippen LogP contribution in [0.3, 0.4) is 0 Å². The standard InChI is InChI=1S/C10H13NO3/c1-3-13-10(12)14-9-6-8(11)5-4-7(9)2/h4-6H,3,11H2,1-2H3. The topological polar surface area (TPSA) is 61.5 Å². The molecule has 1 rings (SSSR count). The van der Waals surface area contributed by atoms with E-state index in [2.05, 4.69) is 4.74 Å². The van der Waals surface area contributed by atoms with Crippen molar-refractivity contribution in [1.82, 2.24) is 0 Å². The van der Waals surface area contributed by atoms with Crippen LogP contribution in [0.15, 0.2) is 18.2 Å². The molecule has 0 atom stereocenters. The van der Waals surface area contributed by atoms with E-state index < -0.39 is 6.16 Å². The highest BCUT2D eigenvalue weighted by Gasteiger charge is 2.07. The van der Waals surface area contributed by atoms with Crippen molar-refractivity contribution in [3.63, 3.8) is 0 Å². The van der Waals surface area contributed by atoms with E-state index in [-0.39, 0.29) is 0 Å². The van der Waals surface area contributed by atoms with Gasteiger partial charge < -0.3 is 15.2 Å². The highest BCUT2D eigenvalue weighted by molar-refractivity contribution is 5.65. The van der Waals surface area contributed by atoms with Crippen LogP contribution < -0.4 is 10.5 Å². The maximum atomic E-state index is 11.0. The summed E-state index contributed by atoms with van der Waals surface area (Å²) >= 11 is 0. The maximum absolute atomic E-state index is 11.0. The first-order valence-electron chi connectivity index (χ1n) is 4.34. The summed E-state index contributed by atoms with van der Waals surface area (Å²) in [5.41, 5.74) is 6.94. The fraction of sp³-hybridized carbons (Fsp3) is 0.300. The Hall–Kier alpha value is -1.71. The molecule has 4 heteroatoms. The molecule has 0 saturated heterocycles. The first-order valence-corrected chi connectivity index (χ1v) is 4.34. The Labute approximate surface area is 82.6 Å². The fourth-order valence-electron chi connectivity index (χ4n) is 0.964. The van der Waals surface area contributed by atoms with Crippen molar-refractivity contribution in [2.45, 2.75) is 13.8 Å². The third kappa shape index (κ3) is 2.65. The highest BCUT2D eigenvalue weighted by Crippen LogP contribution is 2.20. The third-order valence-electron chi connectivity index (χ3n) is 1.67. The summed E-state index contributed by atoms with van der Waals surface area (Å²) in [6, 6.07) is 5.11. The van der Waals surface area contributed by atoms with Crippen molar-refractivity contribution in [2.75, 3.05) is 12.3 Å². The highest BCUT2D eigenvalue weighted by atomic mass is 16.7. The van der Waals surface area contributed by atoms with Gasteiger partial charge in [0.05, 0.1) is 6.61 Å². The van der Waals surface area contributed by atoms with Crippen LogP contribution in [0.2, 0.25) is 0 Å². The molecule has 0 aromatic heterocycles. The van der Waals surface area contributed by atoms with E-state index in [1.165, 1.54) is 0 Å². The summed E-state index contributed by atoms with van der Waals surface area (Å²) < 4.78 is 9.56. The number of carbonyl (C=O) groups is 1. The zero-order valence-corrected chi connectivity index (χ0v) is 8.24. The van der Waals surface area contributed by atoms with E-state index in [1.807, 2.05) is 6.92 Å². The van der Waals surface area contributed by atoms with E-state index in [1.54, 1.807) is 25.1 Å². The molecule has 1 aromatic rings. The molecule has 2 N–H and O–H groups in total. The van der Waals surface area contributed by atoms with Crippen LogP contribution in [0.4, 0.5) is 10.5 Å². The number of ether oxygens (including phenoxy) is 2. The molecule has 4 nitrogen and oxygen atoms in total. The SMILES string of the molecule is CCOC(=O)Oc1cc(N)ccc1C. The molecular formula is C10H13NO3. The summed E-state index contributed by atoms with van der Waals surface area (Å²) in [5.74, 6) is 0.434. The van der Waals surface area contributed by atoms with Crippen LogP contribution in [-0.2, 0) is 4.74 Å². The molecule has 0 saturated carbocycles.